The summed E-state index contributed by atoms with van der Waals surface area (Å²) < 4.78 is 53.9. The number of H-pyrrole nitrogens is 1. The minimum absolute atomic E-state index is 0.00334. The van der Waals surface area contributed by atoms with Crippen LogP contribution in [-0.2, 0) is 17.5 Å². The zero-order chi connectivity index (χ0) is 24.9. The SMILES string of the molecule is O=C(Nc1c[nH]c2ccc(Cl)cc12)c1cc2c(s1)SCC(=O)N2Cc1cc(F)cc(C(F)(F)F)c1. The molecule has 2 aromatic heterocycles. The van der Waals surface area contributed by atoms with E-state index in [0.717, 1.165) is 23.0 Å². The van der Waals surface area contributed by atoms with Crippen molar-refractivity contribution in [2.24, 2.45) is 0 Å². The molecule has 1 aliphatic heterocycles. The Morgan fingerprint density at radius 3 is 2.74 bits per heavy atom. The molecule has 0 aliphatic carbocycles. The van der Waals surface area contributed by atoms with Gasteiger partial charge < -0.3 is 15.2 Å². The van der Waals surface area contributed by atoms with Crippen LogP contribution < -0.4 is 10.2 Å². The second-order valence-corrected chi connectivity index (χ2v) is 10.5. The van der Waals surface area contributed by atoms with E-state index in [9.17, 15) is 27.2 Å². The molecule has 0 fully saturated rings. The molecule has 2 aromatic carbocycles. The molecule has 5 rings (SSSR count). The van der Waals surface area contributed by atoms with Gasteiger partial charge in [-0.2, -0.15) is 13.2 Å². The number of halogens is 5. The first-order valence-corrected chi connectivity index (χ1v) is 12.3. The van der Waals surface area contributed by atoms with Gasteiger partial charge in [0, 0.05) is 22.1 Å². The lowest BCUT2D eigenvalue weighted by molar-refractivity contribution is -0.137. The summed E-state index contributed by atoms with van der Waals surface area (Å²) in [5.41, 5.74) is 0.586. The zero-order valence-corrected chi connectivity index (χ0v) is 19.9. The fraction of sp³-hybridized carbons (Fsp3) is 0.130. The summed E-state index contributed by atoms with van der Waals surface area (Å²) in [7, 11) is 0. The summed E-state index contributed by atoms with van der Waals surface area (Å²) in [5, 5.41) is 4.06. The molecule has 4 aromatic rings. The Balaban J connectivity index is 1.42. The Morgan fingerprint density at radius 1 is 1.17 bits per heavy atom. The van der Waals surface area contributed by atoms with E-state index in [2.05, 4.69) is 10.3 Å². The van der Waals surface area contributed by atoms with Gasteiger partial charge in [0.2, 0.25) is 5.91 Å². The monoisotopic (exact) mass is 539 g/mol. The number of hydrogen-bond acceptors (Lipinski definition) is 4. The van der Waals surface area contributed by atoms with Crippen molar-refractivity contribution < 1.29 is 27.2 Å². The molecule has 5 nitrogen and oxygen atoms in total. The first-order valence-electron chi connectivity index (χ1n) is 10.1. The van der Waals surface area contributed by atoms with Gasteiger partial charge in [0.25, 0.3) is 5.91 Å². The Bertz CT molecular complexity index is 1480. The number of rotatable bonds is 4. The average Bonchev–Trinajstić information content (AvgIpc) is 3.39. The van der Waals surface area contributed by atoms with E-state index in [0.29, 0.717) is 31.6 Å². The van der Waals surface area contributed by atoms with Gasteiger partial charge in [-0.3, -0.25) is 9.59 Å². The first-order chi connectivity index (χ1) is 16.6. The summed E-state index contributed by atoms with van der Waals surface area (Å²) in [6.45, 7) is -0.258. The third kappa shape index (κ3) is 4.75. The fourth-order valence-corrected chi connectivity index (χ4v) is 6.12. The number of anilines is 2. The number of carbonyl (C=O) groups excluding carboxylic acids is 2. The van der Waals surface area contributed by atoms with E-state index in [1.54, 1.807) is 24.4 Å². The topological polar surface area (TPSA) is 65.2 Å². The predicted octanol–water partition coefficient (Wildman–Crippen LogP) is 6.93. The van der Waals surface area contributed by atoms with Gasteiger partial charge in [0.15, 0.2) is 0 Å². The van der Waals surface area contributed by atoms with Gasteiger partial charge in [-0.05, 0) is 48.0 Å². The molecule has 35 heavy (non-hydrogen) atoms. The second kappa shape index (κ2) is 8.89. The van der Waals surface area contributed by atoms with Crippen LogP contribution in [0.4, 0.5) is 28.9 Å². The van der Waals surface area contributed by atoms with Gasteiger partial charge in [0.05, 0.1) is 38.3 Å². The number of aromatic nitrogens is 1. The largest absolute Gasteiger partial charge is 0.416 e. The van der Waals surface area contributed by atoms with Crippen LogP contribution in [0.2, 0.25) is 5.02 Å². The van der Waals surface area contributed by atoms with Gasteiger partial charge in [0.1, 0.15) is 5.82 Å². The van der Waals surface area contributed by atoms with E-state index in [1.807, 2.05) is 0 Å². The number of hydrogen-bond donors (Lipinski definition) is 2. The second-order valence-electron chi connectivity index (χ2n) is 7.74. The number of amides is 2. The highest BCUT2D eigenvalue weighted by atomic mass is 35.5. The molecular weight excluding hydrogens is 526 g/mol. The van der Waals surface area contributed by atoms with Crippen molar-refractivity contribution in [1.29, 1.82) is 0 Å². The van der Waals surface area contributed by atoms with Crippen LogP contribution in [0.15, 0.2) is 52.9 Å². The van der Waals surface area contributed by atoms with Crippen molar-refractivity contribution in [3.63, 3.8) is 0 Å². The number of nitrogens with zero attached hydrogens (tertiary/aromatic N) is 1. The predicted molar refractivity (Wildman–Crippen MR) is 129 cm³/mol. The normalized spacial score (nSPS) is 13.9. The molecule has 0 unspecified atom stereocenters. The van der Waals surface area contributed by atoms with Crippen LogP contribution in [0.25, 0.3) is 10.9 Å². The van der Waals surface area contributed by atoms with Crippen molar-refractivity contribution >= 4 is 68.8 Å². The van der Waals surface area contributed by atoms with Crippen LogP contribution in [0, 0.1) is 5.82 Å². The number of thioether (sulfide) groups is 1. The standard InChI is InChI=1S/C23H14ClF4N3O2S2/c24-13-1-2-16-15(6-13)17(8-29-16)30-21(33)19-7-18-22(35-19)34-10-20(32)31(18)9-11-3-12(23(26,27)28)5-14(25)4-11/h1-8,29H,9-10H2,(H,30,33). The Morgan fingerprint density at radius 2 is 1.97 bits per heavy atom. The zero-order valence-electron chi connectivity index (χ0n) is 17.5. The van der Waals surface area contributed by atoms with Crippen molar-refractivity contribution in [2.45, 2.75) is 16.9 Å². The van der Waals surface area contributed by atoms with Gasteiger partial charge in [-0.15, -0.1) is 23.1 Å². The van der Waals surface area contributed by atoms with Gasteiger partial charge in [-0.1, -0.05) is 11.6 Å². The molecule has 1 aliphatic rings. The van der Waals surface area contributed by atoms with Crippen molar-refractivity contribution in [3.05, 3.63) is 75.5 Å². The molecule has 2 amide bonds. The van der Waals surface area contributed by atoms with Crippen LogP contribution in [0.5, 0.6) is 0 Å². The maximum Gasteiger partial charge on any atom is 0.416 e. The van der Waals surface area contributed by atoms with E-state index >= 15 is 0 Å². The summed E-state index contributed by atoms with van der Waals surface area (Å²) in [6, 6.07) is 8.93. The van der Waals surface area contributed by atoms with Crippen LogP contribution >= 0.6 is 34.7 Å². The van der Waals surface area contributed by atoms with Gasteiger partial charge >= 0.3 is 6.18 Å². The third-order valence-corrected chi connectivity index (χ3v) is 7.96. The lowest BCUT2D eigenvalue weighted by Crippen LogP contribution is -2.34. The van der Waals surface area contributed by atoms with Crippen molar-refractivity contribution in [3.8, 4) is 0 Å². The highest BCUT2D eigenvalue weighted by Crippen LogP contribution is 2.43. The summed E-state index contributed by atoms with van der Waals surface area (Å²) in [6.07, 6.45) is -3.08. The first kappa shape index (κ1) is 23.7. The lowest BCUT2D eigenvalue weighted by Gasteiger charge is -2.26. The van der Waals surface area contributed by atoms with Crippen LogP contribution in [-0.4, -0.2) is 22.6 Å². The number of alkyl halides is 3. The Kier molecular flexibility index (Phi) is 6.02. The fourth-order valence-electron chi connectivity index (χ4n) is 3.75. The quantitative estimate of drug-likeness (QED) is 0.276. The minimum atomic E-state index is -4.72. The molecule has 0 atom stereocenters. The van der Waals surface area contributed by atoms with E-state index < -0.39 is 23.5 Å². The number of carbonyl (C=O) groups is 2. The number of aromatic amines is 1. The third-order valence-electron chi connectivity index (χ3n) is 5.34. The maximum atomic E-state index is 13.9. The Labute approximate surface area is 209 Å². The molecule has 0 saturated carbocycles. The lowest BCUT2D eigenvalue weighted by atomic mass is 10.1. The number of fused-ring (bicyclic) bond motifs is 2. The molecule has 0 spiro atoms. The molecule has 0 radical (unpaired) electrons. The van der Waals surface area contributed by atoms with E-state index in [4.69, 9.17) is 11.6 Å². The van der Waals surface area contributed by atoms with E-state index in [-0.39, 0.29) is 23.8 Å². The summed E-state index contributed by atoms with van der Waals surface area (Å²) >= 11 is 8.47. The van der Waals surface area contributed by atoms with Crippen molar-refractivity contribution in [2.75, 3.05) is 16.0 Å². The number of nitrogens with one attached hydrogen (secondary N) is 2. The molecule has 180 valence electrons. The summed E-state index contributed by atoms with van der Waals surface area (Å²) in [5.74, 6) is -1.76. The highest BCUT2D eigenvalue weighted by Gasteiger charge is 2.33. The smallest absolute Gasteiger partial charge is 0.359 e. The summed E-state index contributed by atoms with van der Waals surface area (Å²) in [4.78, 5) is 30.2. The number of benzene rings is 2. The Hall–Kier alpha value is -3.02. The van der Waals surface area contributed by atoms with Crippen LogP contribution in [0.3, 0.4) is 0 Å². The molecule has 2 N–H and O–H groups in total. The average molecular weight is 540 g/mol. The highest BCUT2D eigenvalue weighted by molar-refractivity contribution is 8.02. The van der Waals surface area contributed by atoms with Crippen molar-refractivity contribution in [1.82, 2.24) is 4.98 Å². The number of thiophene rings is 1. The minimum Gasteiger partial charge on any atom is -0.359 e. The molecule has 3 heterocycles. The molecular formula is C23H14ClF4N3O2S2. The molecule has 0 saturated heterocycles. The van der Waals surface area contributed by atoms with Crippen LogP contribution in [0.1, 0.15) is 20.8 Å². The molecule has 12 heteroatoms. The maximum absolute atomic E-state index is 13.9. The van der Waals surface area contributed by atoms with E-state index in [1.165, 1.54) is 34.1 Å². The van der Waals surface area contributed by atoms with Gasteiger partial charge in [-0.25, -0.2) is 4.39 Å². The molecule has 0 bridgehead atoms.